The molecule has 2 aromatic carbocycles. The Hall–Kier alpha value is -2.54. The number of rotatable bonds is 4. The Morgan fingerprint density at radius 3 is 2.27 bits per heavy atom. The van der Waals surface area contributed by atoms with Crippen molar-refractivity contribution in [3.05, 3.63) is 82.4 Å². The van der Waals surface area contributed by atoms with E-state index in [-0.39, 0.29) is 17.0 Å². The highest BCUT2D eigenvalue weighted by Crippen LogP contribution is 2.48. The maximum absolute atomic E-state index is 14.8. The standard InChI is InChI=1S/C29H30F4/c1-2-3-4-5-19-6-9-22-16-23(11-10-21(22)14-19)24-17-27(31)25(28(32)18-24)12-7-20-8-13-26(30)29(33)15-20/h2-3,8,13,15,17-19,21-23H,4-6,9-11,14,16H2,1H3/b3-2+. The lowest BCUT2D eigenvalue weighted by atomic mass is 9.63. The van der Waals surface area contributed by atoms with Gasteiger partial charge in [-0.1, -0.05) is 30.4 Å². The Kier molecular flexibility index (Phi) is 7.58. The number of allylic oxidation sites excluding steroid dienone is 2. The topological polar surface area (TPSA) is 0 Å². The number of fused-ring (bicyclic) bond motifs is 1. The van der Waals surface area contributed by atoms with Crippen molar-refractivity contribution in [1.29, 1.82) is 0 Å². The van der Waals surface area contributed by atoms with E-state index in [4.69, 9.17) is 0 Å². The molecular weight excluding hydrogens is 424 g/mol. The van der Waals surface area contributed by atoms with Crippen molar-refractivity contribution in [2.24, 2.45) is 17.8 Å². The van der Waals surface area contributed by atoms with Crippen LogP contribution in [0.4, 0.5) is 17.6 Å². The van der Waals surface area contributed by atoms with E-state index < -0.39 is 23.3 Å². The van der Waals surface area contributed by atoms with Gasteiger partial charge in [0, 0.05) is 5.56 Å². The van der Waals surface area contributed by atoms with Crippen LogP contribution in [0.2, 0.25) is 0 Å². The lowest BCUT2D eigenvalue weighted by molar-refractivity contribution is 0.115. The molecule has 4 unspecified atom stereocenters. The van der Waals surface area contributed by atoms with Gasteiger partial charge in [0.15, 0.2) is 11.6 Å². The van der Waals surface area contributed by atoms with Crippen LogP contribution in [-0.2, 0) is 0 Å². The minimum atomic E-state index is -1.04. The molecule has 33 heavy (non-hydrogen) atoms. The molecule has 4 rings (SSSR count). The van der Waals surface area contributed by atoms with Gasteiger partial charge in [-0.2, -0.15) is 0 Å². The van der Waals surface area contributed by atoms with Crippen LogP contribution in [0, 0.1) is 52.9 Å². The van der Waals surface area contributed by atoms with Crippen molar-refractivity contribution < 1.29 is 17.6 Å². The van der Waals surface area contributed by atoms with E-state index in [1.807, 2.05) is 0 Å². The molecule has 2 saturated carbocycles. The van der Waals surface area contributed by atoms with Crippen molar-refractivity contribution in [3.63, 3.8) is 0 Å². The molecule has 0 saturated heterocycles. The van der Waals surface area contributed by atoms with Crippen LogP contribution in [0.5, 0.6) is 0 Å². The molecule has 0 bridgehead atoms. The van der Waals surface area contributed by atoms with E-state index in [0.717, 1.165) is 49.7 Å². The Morgan fingerprint density at radius 2 is 1.55 bits per heavy atom. The van der Waals surface area contributed by atoms with Crippen LogP contribution in [0.1, 0.15) is 80.9 Å². The molecule has 2 aliphatic carbocycles. The molecular formula is C29H30F4. The van der Waals surface area contributed by atoms with Crippen molar-refractivity contribution >= 4 is 0 Å². The van der Waals surface area contributed by atoms with Gasteiger partial charge < -0.3 is 0 Å². The number of hydrogen-bond acceptors (Lipinski definition) is 0. The van der Waals surface area contributed by atoms with Crippen molar-refractivity contribution in [2.75, 3.05) is 0 Å². The lowest BCUT2D eigenvalue weighted by Crippen LogP contribution is -2.30. The minimum absolute atomic E-state index is 0.163. The van der Waals surface area contributed by atoms with Crippen LogP contribution in [0.25, 0.3) is 0 Å². The maximum Gasteiger partial charge on any atom is 0.160 e. The molecule has 0 amide bonds. The molecule has 0 aliphatic heterocycles. The summed E-state index contributed by atoms with van der Waals surface area (Å²) in [5.74, 6) is 3.91. The molecule has 0 radical (unpaired) electrons. The van der Waals surface area contributed by atoms with E-state index >= 15 is 0 Å². The maximum atomic E-state index is 14.8. The highest BCUT2D eigenvalue weighted by molar-refractivity contribution is 5.45. The number of hydrogen-bond donors (Lipinski definition) is 0. The first kappa shape index (κ1) is 23.6. The minimum Gasteiger partial charge on any atom is -0.206 e. The lowest BCUT2D eigenvalue weighted by Gasteiger charge is -2.42. The van der Waals surface area contributed by atoms with E-state index in [1.165, 1.54) is 43.9 Å². The largest absolute Gasteiger partial charge is 0.206 e. The zero-order valence-electron chi connectivity index (χ0n) is 19.0. The molecule has 0 nitrogen and oxygen atoms in total. The Balaban J connectivity index is 1.43. The third-order valence-electron chi connectivity index (χ3n) is 7.49. The highest BCUT2D eigenvalue weighted by atomic mass is 19.2. The molecule has 174 valence electrons. The van der Waals surface area contributed by atoms with Crippen LogP contribution in [0.15, 0.2) is 42.5 Å². The summed E-state index contributed by atoms with van der Waals surface area (Å²) >= 11 is 0. The van der Waals surface area contributed by atoms with Crippen molar-refractivity contribution in [2.45, 2.75) is 64.2 Å². The molecule has 2 aromatic rings. The van der Waals surface area contributed by atoms with E-state index in [2.05, 4.69) is 30.9 Å². The van der Waals surface area contributed by atoms with Gasteiger partial charge >= 0.3 is 0 Å². The fourth-order valence-electron chi connectivity index (χ4n) is 5.71. The normalized spacial score (nSPS) is 24.9. The number of benzene rings is 2. The molecule has 2 aliphatic rings. The first-order chi connectivity index (χ1) is 15.9. The van der Waals surface area contributed by atoms with Gasteiger partial charge in [0.05, 0.1) is 5.56 Å². The third kappa shape index (κ3) is 5.69. The second-order valence-corrected chi connectivity index (χ2v) is 9.59. The summed E-state index contributed by atoms with van der Waals surface area (Å²) in [5, 5.41) is 0. The first-order valence-electron chi connectivity index (χ1n) is 12.0. The van der Waals surface area contributed by atoms with Crippen LogP contribution in [-0.4, -0.2) is 0 Å². The summed E-state index contributed by atoms with van der Waals surface area (Å²) in [7, 11) is 0. The Morgan fingerprint density at radius 1 is 0.818 bits per heavy atom. The van der Waals surface area contributed by atoms with Crippen LogP contribution < -0.4 is 0 Å². The zero-order valence-corrected chi connectivity index (χ0v) is 19.0. The van der Waals surface area contributed by atoms with Crippen LogP contribution in [0.3, 0.4) is 0 Å². The highest BCUT2D eigenvalue weighted by Gasteiger charge is 2.36. The van der Waals surface area contributed by atoms with Gasteiger partial charge in [0.1, 0.15) is 11.6 Å². The SMILES string of the molecule is C/C=C/CCC1CCC2CC(c3cc(F)c(C#Cc4ccc(F)c(F)c4)c(F)c3)CCC2C1. The Labute approximate surface area is 194 Å². The summed E-state index contributed by atoms with van der Waals surface area (Å²) in [6.07, 6.45) is 13.6. The Bertz CT molecular complexity index is 1050. The molecule has 2 fully saturated rings. The third-order valence-corrected chi connectivity index (χ3v) is 7.49. The first-order valence-corrected chi connectivity index (χ1v) is 12.0. The average molecular weight is 455 g/mol. The van der Waals surface area contributed by atoms with E-state index in [1.54, 1.807) is 0 Å². The number of halogens is 4. The van der Waals surface area contributed by atoms with Gasteiger partial charge in [-0.15, -0.1) is 0 Å². The second-order valence-electron chi connectivity index (χ2n) is 9.59. The fourth-order valence-corrected chi connectivity index (χ4v) is 5.71. The van der Waals surface area contributed by atoms with Crippen molar-refractivity contribution in [3.8, 4) is 11.8 Å². The zero-order chi connectivity index (χ0) is 23.4. The summed E-state index contributed by atoms with van der Waals surface area (Å²) in [6.45, 7) is 2.07. The average Bonchev–Trinajstić information content (AvgIpc) is 2.80. The predicted molar refractivity (Wildman–Crippen MR) is 124 cm³/mol. The summed E-state index contributed by atoms with van der Waals surface area (Å²) in [6, 6.07) is 5.96. The quantitative estimate of drug-likeness (QED) is 0.248. The summed E-state index contributed by atoms with van der Waals surface area (Å²) < 4.78 is 55.9. The second kappa shape index (κ2) is 10.6. The fraction of sp³-hybridized carbons (Fsp3) is 0.448. The predicted octanol–water partition coefficient (Wildman–Crippen LogP) is 8.30. The summed E-state index contributed by atoms with van der Waals surface area (Å²) in [4.78, 5) is 0. The smallest absolute Gasteiger partial charge is 0.160 e. The monoisotopic (exact) mass is 454 g/mol. The molecule has 4 atom stereocenters. The van der Waals surface area contributed by atoms with Crippen LogP contribution >= 0.6 is 0 Å². The van der Waals surface area contributed by atoms with Gasteiger partial charge in [-0.3, -0.25) is 0 Å². The van der Waals surface area contributed by atoms with Gasteiger partial charge in [-0.25, -0.2) is 17.6 Å². The van der Waals surface area contributed by atoms with E-state index in [0.29, 0.717) is 11.5 Å². The summed E-state index contributed by atoms with van der Waals surface area (Å²) in [5.41, 5.74) is 0.534. The molecule has 4 heteroatoms. The van der Waals surface area contributed by atoms with Gasteiger partial charge in [0.25, 0.3) is 0 Å². The van der Waals surface area contributed by atoms with E-state index in [9.17, 15) is 17.6 Å². The molecule has 0 spiro atoms. The van der Waals surface area contributed by atoms with Crippen molar-refractivity contribution in [1.82, 2.24) is 0 Å². The molecule has 0 N–H and O–H groups in total. The molecule has 0 aromatic heterocycles. The van der Waals surface area contributed by atoms with Gasteiger partial charge in [0.2, 0.25) is 0 Å². The van der Waals surface area contributed by atoms with Gasteiger partial charge in [-0.05, 0) is 111 Å². The molecule has 0 heterocycles.